The Morgan fingerprint density at radius 3 is 2.00 bits per heavy atom. The van der Waals surface area contributed by atoms with Crippen molar-refractivity contribution >= 4 is 5.69 Å². The van der Waals surface area contributed by atoms with E-state index < -0.39 is 0 Å². The van der Waals surface area contributed by atoms with Gasteiger partial charge in [0.05, 0.1) is 6.10 Å². The Bertz CT molecular complexity index is 314. The Kier molecular flexibility index (Phi) is 5.49. The molecule has 2 heteroatoms. The van der Waals surface area contributed by atoms with Crippen molar-refractivity contribution in [3.63, 3.8) is 0 Å². The summed E-state index contributed by atoms with van der Waals surface area (Å²) in [5.74, 6) is 0.624. The maximum absolute atomic E-state index is 10.2. The van der Waals surface area contributed by atoms with Gasteiger partial charge in [0, 0.05) is 19.8 Å². The van der Waals surface area contributed by atoms with Gasteiger partial charge in [-0.25, -0.2) is 0 Å². The standard InChI is InChI=1S/C15H25NO/c1-5-12(6-2)11-15(17)13-7-9-14(10-8-13)16(3)4/h7-10,12,15,17H,5-6,11H2,1-4H3. The Hall–Kier alpha value is -1.02. The van der Waals surface area contributed by atoms with Crippen molar-refractivity contribution in [3.8, 4) is 0 Å². The highest BCUT2D eigenvalue weighted by Gasteiger charge is 2.13. The molecule has 17 heavy (non-hydrogen) atoms. The lowest BCUT2D eigenvalue weighted by Gasteiger charge is -2.19. The van der Waals surface area contributed by atoms with Gasteiger partial charge in [-0.05, 0) is 30.0 Å². The van der Waals surface area contributed by atoms with Crippen LogP contribution in [-0.4, -0.2) is 19.2 Å². The van der Waals surface area contributed by atoms with E-state index in [1.54, 1.807) is 0 Å². The molecule has 0 saturated carbocycles. The average molecular weight is 235 g/mol. The molecule has 1 unspecified atom stereocenters. The highest BCUT2D eigenvalue weighted by atomic mass is 16.3. The molecule has 2 nitrogen and oxygen atoms in total. The Labute approximate surface area is 105 Å². The van der Waals surface area contributed by atoms with Crippen LogP contribution in [0.15, 0.2) is 24.3 Å². The van der Waals surface area contributed by atoms with Crippen molar-refractivity contribution < 1.29 is 5.11 Å². The SMILES string of the molecule is CCC(CC)CC(O)c1ccc(N(C)C)cc1. The molecule has 0 radical (unpaired) electrons. The highest BCUT2D eigenvalue weighted by molar-refractivity contribution is 5.46. The first-order valence-electron chi connectivity index (χ1n) is 6.53. The topological polar surface area (TPSA) is 23.5 Å². The summed E-state index contributed by atoms with van der Waals surface area (Å²) < 4.78 is 0. The number of nitrogens with zero attached hydrogens (tertiary/aromatic N) is 1. The van der Waals surface area contributed by atoms with Gasteiger partial charge >= 0.3 is 0 Å². The largest absolute Gasteiger partial charge is 0.388 e. The molecular weight excluding hydrogens is 210 g/mol. The second kappa shape index (κ2) is 6.65. The van der Waals surface area contributed by atoms with Gasteiger partial charge in [-0.15, -0.1) is 0 Å². The predicted molar refractivity (Wildman–Crippen MR) is 74.4 cm³/mol. The number of aliphatic hydroxyl groups excluding tert-OH is 1. The fourth-order valence-corrected chi connectivity index (χ4v) is 2.07. The van der Waals surface area contributed by atoms with Gasteiger partial charge in [0.2, 0.25) is 0 Å². The molecule has 1 rings (SSSR count). The molecule has 1 aromatic carbocycles. The number of hydrogen-bond acceptors (Lipinski definition) is 2. The van der Waals surface area contributed by atoms with Crippen molar-refractivity contribution in [2.45, 2.75) is 39.2 Å². The van der Waals surface area contributed by atoms with Gasteiger partial charge in [-0.2, -0.15) is 0 Å². The van der Waals surface area contributed by atoms with Crippen LogP contribution in [0, 0.1) is 5.92 Å². The Morgan fingerprint density at radius 1 is 1.06 bits per heavy atom. The first-order chi connectivity index (χ1) is 8.08. The minimum absolute atomic E-state index is 0.323. The van der Waals surface area contributed by atoms with E-state index in [1.165, 1.54) is 5.69 Å². The molecule has 96 valence electrons. The van der Waals surface area contributed by atoms with E-state index in [1.807, 2.05) is 26.2 Å². The first kappa shape index (κ1) is 14.0. The molecule has 0 bridgehead atoms. The quantitative estimate of drug-likeness (QED) is 0.814. The fraction of sp³-hybridized carbons (Fsp3) is 0.600. The van der Waals surface area contributed by atoms with Crippen LogP contribution in [0.5, 0.6) is 0 Å². The third-order valence-corrected chi connectivity index (χ3v) is 3.51. The molecule has 1 aromatic rings. The summed E-state index contributed by atoms with van der Waals surface area (Å²) in [4.78, 5) is 2.07. The molecule has 1 N–H and O–H groups in total. The number of benzene rings is 1. The monoisotopic (exact) mass is 235 g/mol. The highest BCUT2D eigenvalue weighted by Crippen LogP contribution is 2.26. The van der Waals surface area contributed by atoms with Gasteiger partial charge in [0.15, 0.2) is 0 Å². The van der Waals surface area contributed by atoms with E-state index in [2.05, 4.69) is 30.9 Å². The third kappa shape index (κ3) is 4.04. The molecule has 0 aromatic heterocycles. The molecule has 0 fully saturated rings. The Balaban J connectivity index is 2.66. The van der Waals surface area contributed by atoms with E-state index in [0.29, 0.717) is 5.92 Å². The van der Waals surface area contributed by atoms with Crippen LogP contribution in [0.3, 0.4) is 0 Å². The fourth-order valence-electron chi connectivity index (χ4n) is 2.07. The lowest BCUT2D eigenvalue weighted by atomic mass is 9.93. The van der Waals surface area contributed by atoms with Crippen molar-refractivity contribution in [1.29, 1.82) is 0 Å². The smallest absolute Gasteiger partial charge is 0.0792 e. The van der Waals surface area contributed by atoms with E-state index in [9.17, 15) is 5.11 Å². The molecule has 0 spiro atoms. The average Bonchev–Trinajstić information content (AvgIpc) is 2.35. The number of anilines is 1. The number of aliphatic hydroxyl groups is 1. The second-order valence-corrected chi connectivity index (χ2v) is 4.92. The molecule has 0 aliphatic heterocycles. The van der Waals surface area contributed by atoms with Crippen LogP contribution in [0.2, 0.25) is 0 Å². The number of hydrogen-bond donors (Lipinski definition) is 1. The molecule has 0 saturated heterocycles. The minimum atomic E-state index is -0.323. The van der Waals surface area contributed by atoms with Gasteiger partial charge in [0.25, 0.3) is 0 Å². The molecule has 1 atom stereocenters. The van der Waals surface area contributed by atoms with Crippen LogP contribution >= 0.6 is 0 Å². The number of rotatable bonds is 6. The van der Waals surface area contributed by atoms with Gasteiger partial charge in [-0.3, -0.25) is 0 Å². The van der Waals surface area contributed by atoms with Crippen LogP contribution in [0.25, 0.3) is 0 Å². The first-order valence-corrected chi connectivity index (χ1v) is 6.53. The van der Waals surface area contributed by atoms with Gasteiger partial charge < -0.3 is 10.0 Å². The minimum Gasteiger partial charge on any atom is -0.388 e. The maximum atomic E-state index is 10.2. The Morgan fingerprint density at radius 2 is 1.59 bits per heavy atom. The second-order valence-electron chi connectivity index (χ2n) is 4.92. The van der Waals surface area contributed by atoms with Crippen molar-refractivity contribution in [2.24, 2.45) is 5.92 Å². The lowest BCUT2D eigenvalue weighted by Crippen LogP contribution is -2.09. The maximum Gasteiger partial charge on any atom is 0.0792 e. The zero-order valence-corrected chi connectivity index (χ0v) is 11.5. The summed E-state index contributed by atoms with van der Waals surface area (Å²) in [7, 11) is 4.05. The zero-order valence-electron chi connectivity index (χ0n) is 11.5. The van der Waals surface area contributed by atoms with Gasteiger partial charge in [-0.1, -0.05) is 38.8 Å². The summed E-state index contributed by atoms with van der Waals surface area (Å²) in [6.45, 7) is 4.38. The molecule has 0 aliphatic carbocycles. The summed E-state index contributed by atoms with van der Waals surface area (Å²) in [6.07, 6.45) is 2.83. The van der Waals surface area contributed by atoms with Gasteiger partial charge in [0.1, 0.15) is 0 Å². The van der Waals surface area contributed by atoms with E-state index in [4.69, 9.17) is 0 Å². The summed E-state index contributed by atoms with van der Waals surface area (Å²) >= 11 is 0. The van der Waals surface area contributed by atoms with Crippen molar-refractivity contribution in [1.82, 2.24) is 0 Å². The summed E-state index contributed by atoms with van der Waals surface area (Å²) in [5.41, 5.74) is 2.20. The van der Waals surface area contributed by atoms with Crippen LogP contribution in [-0.2, 0) is 0 Å². The molecular formula is C15H25NO. The molecule has 0 amide bonds. The normalized spacial score (nSPS) is 12.8. The molecule has 0 aliphatic rings. The van der Waals surface area contributed by atoms with E-state index in [-0.39, 0.29) is 6.10 Å². The van der Waals surface area contributed by atoms with E-state index in [0.717, 1.165) is 24.8 Å². The van der Waals surface area contributed by atoms with E-state index >= 15 is 0 Å². The van der Waals surface area contributed by atoms with Crippen LogP contribution in [0.1, 0.15) is 44.8 Å². The predicted octanol–water partition coefficient (Wildman–Crippen LogP) is 3.61. The summed E-state index contributed by atoms with van der Waals surface area (Å²) in [6, 6.07) is 8.18. The molecule has 0 heterocycles. The lowest BCUT2D eigenvalue weighted by molar-refractivity contribution is 0.141. The van der Waals surface area contributed by atoms with Crippen molar-refractivity contribution in [2.75, 3.05) is 19.0 Å². The zero-order chi connectivity index (χ0) is 12.8. The third-order valence-electron chi connectivity index (χ3n) is 3.51. The summed E-state index contributed by atoms with van der Waals surface area (Å²) in [5, 5.41) is 10.2. The van der Waals surface area contributed by atoms with Crippen LogP contribution < -0.4 is 4.90 Å². The van der Waals surface area contributed by atoms with Crippen LogP contribution in [0.4, 0.5) is 5.69 Å². The van der Waals surface area contributed by atoms with Crippen molar-refractivity contribution in [3.05, 3.63) is 29.8 Å².